The molecule has 0 fully saturated rings. The van der Waals surface area contributed by atoms with E-state index in [0.29, 0.717) is 13.1 Å². The molecule has 1 heterocycles. The molecule has 4 nitrogen and oxygen atoms in total. The largest absolute Gasteiger partial charge is 0.416 e. The predicted molar refractivity (Wildman–Crippen MR) is 79.7 cm³/mol. The van der Waals surface area contributed by atoms with E-state index < -0.39 is 11.7 Å². The molecule has 0 saturated carbocycles. The van der Waals surface area contributed by atoms with Crippen molar-refractivity contribution in [2.45, 2.75) is 26.9 Å². The number of nitrogens with zero attached hydrogens (tertiary/aromatic N) is 2. The zero-order valence-electron chi connectivity index (χ0n) is 12.7. The van der Waals surface area contributed by atoms with Crippen LogP contribution in [-0.4, -0.2) is 42.6 Å². The van der Waals surface area contributed by atoms with Crippen LogP contribution in [0.4, 0.5) is 24.8 Å². The van der Waals surface area contributed by atoms with Crippen molar-refractivity contribution in [3.8, 4) is 0 Å². The number of aromatic nitrogens is 1. The molecule has 1 aromatic heterocycles. The average Bonchev–Trinajstić information content (AvgIpc) is 2.43. The van der Waals surface area contributed by atoms with Crippen LogP contribution in [0, 0.1) is 0 Å². The Morgan fingerprint density at radius 2 is 1.62 bits per heavy atom. The number of rotatable bonds is 8. The molecule has 0 bridgehead atoms. The standard InChI is InChI=1S/C14H23F3N4/c1-4-18-12-9-11(14(15,16)17)10-13(20-12)19-7-8-21(5-2)6-3/h9-10H,4-8H2,1-3H3,(H2,18,19,20). The van der Waals surface area contributed by atoms with Crippen molar-refractivity contribution in [1.82, 2.24) is 9.88 Å². The molecule has 21 heavy (non-hydrogen) atoms. The minimum Gasteiger partial charge on any atom is -0.370 e. The number of anilines is 2. The number of hydrogen-bond acceptors (Lipinski definition) is 4. The molecule has 0 spiro atoms. The van der Waals surface area contributed by atoms with Crippen molar-refractivity contribution in [3.63, 3.8) is 0 Å². The fraction of sp³-hybridized carbons (Fsp3) is 0.643. The molecule has 0 aromatic carbocycles. The van der Waals surface area contributed by atoms with Crippen molar-refractivity contribution in [2.75, 3.05) is 43.4 Å². The number of alkyl halides is 3. The van der Waals surface area contributed by atoms with E-state index in [0.717, 1.165) is 31.8 Å². The molecular weight excluding hydrogens is 281 g/mol. The van der Waals surface area contributed by atoms with Crippen LogP contribution in [0.5, 0.6) is 0 Å². The molecule has 0 amide bonds. The molecule has 0 aliphatic rings. The Bertz CT molecular complexity index is 431. The molecule has 0 saturated heterocycles. The number of likely N-dealkylation sites (N-methyl/N-ethyl adjacent to an activating group) is 1. The van der Waals surface area contributed by atoms with Crippen LogP contribution < -0.4 is 10.6 Å². The van der Waals surface area contributed by atoms with Gasteiger partial charge in [0.2, 0.25) is 0 Å². The number of halogens is 3. The Morgan fingerprint density at radius 3 is 2.10 bits per heavy atom. The van der Waals surface area contributed by atoms with Crippen LogP contribution in [0.1, 0.15) is 26.3 Å². The summed E-state index contributed by atoms with van der Waals surface area (Å²) in [4.78, 5) is 6.33. The van der Waals surface area contributed by atoms with Gasteiger partial charge >= 0.3 is 6.18 Å². The van der Waals surface area contributed by atoms with Gasteiger partial charge < -0.3 is 15.5 Å². The van der Waals surface area contributed by atoms with Gasteiger partial charge in [-0.15, -0.1) is 0 Å². The van der Waals surface area contributed by atoms with Crippen LogP contribution >= 0.6 is 0 Å². The van der Waals surface area contributed by atoms with Gasteiger partial charge in [0.25, 0.3) is 0 Å². The van der Waals surface area contributed by atoms with Crippen LogP contribution in [0.25, 0.3) is 0 Å². The SMILES string of the molecule is CCNc1cc(C(F)(F)F)cc(NCCN(CC)CC)n1. The Hall–Kier alpha value is -1.50. The van der Waals surface area contributed by atoms with Crippen LogP contribution in [0.2, 0.25) is 0 Å². The first-order chi connectivity index (χ1) is 9.90. The van der Waals surface area contributed by atoms with E-state index in [2.05, 4.69) is 34.4 Å². The number of pyridine rings is 1. The van der Waals surface area contributed by atoms with Crippen molar-refractivity contribution in [2.24, 2.45) is 0 Å². The maximum absolute atomic E-state index is 12.9. The van der Waals surface area contributed by atoms with E-state index in [1.54, 1.807) is 0 Å². The van der Waals surface area contributed by atoms with Crippen molar-refractivity contribution < 1.29 is 13.2 Å². The van der Waals surface area contributed by atoms with Gasteiger partial charge in [-0.25, -0.2) is 4.98 Å². The van der Waals surface area contributed by atoms with Gasteiger partial charge in [0, 0.05) is 19.6 Å². The molecule has 0 unspecified atom stereocenters. The Kier molecular flexibility index (Phi) is 6.74. The molecule has 7 heteroatoms. The summed E-state index contributed by atoms with van der Waals surface area (Å²) in [5.74, 6) is 0.477. The molecule has 1 aromatic rings. The average molecular weight is 304 g/mol. The summed E-state index contributed by atoms with van der Waals surface area (Å²) in [6, 6.07) is 2.07. The number of hydrogen-bond donors (Lipinski definition) is 2. The molecular formula is C14H23F3N4. The zero-order chi connectivity index (χ0) is 15.9. The Labute approximate surface area is 123 Å². The first-order valence-electron chi connectivity index (χ1n) is 7.20. The van der Waals surface area contributed by atoms with Crippen molar-refractivity contribution in [3.05, 3.63) is 17.7 Å². The monoisotopic (exact) mass is 304 g/mol. The maximum Gasteiger partial charge on any atom is 0.416 e. The van der Waals surface area contributed by atoms with E-state index in [4.69, 9.17) is 0 Å². The van der Waals surface area contributed by atoms with Gasteiger partial charge in [-0.2, -0.15) is 13.2 Å². The van der Waals surface area contributed by atoms with E-state index in [1.165, 1.54) is 0 Å². The number of nitrogens with one attached hydrogen (secondary N) is 2. The highest BCUT2D eigenvalue weighted by Crippen LogP contribution is 2.31. The second-order valence-corrected chi connectivity index (χ2v) is 4.61. The molecule has 0 atom stereocenters. The van der Waals surface area contributed by atoms with Gasteiger partial charge in [-0.05, 0) is 32.1 Å². The summed E-state index contributed by atoms with van der Waals surface area (Å²) in [5.41, 5.74) is -0.696. The lowest BCUT2D eigenvalue weighted by Gasteiger charge is -2.19. The zero-order valence-corrected chi connectivity index (χ0v) is 12.7. The van der Waals surface area contributed by atoms with E-state index >= 15 is 0 Å². The van der Waals surface area contributed by atoms with Crippen molar-refractivity contribution >= 4 is 11.6 Å². The molecule has 0 radical (unpaired) electrons. The van der Waals surface area contributed by atoms with Crippen LogP contribution in [-0.2, 0) is 6.18 Å². The summed E-state index contributed by atoms with van der Waals surface area (Å²) in [6.45, 7) is 9.59. The maximum atomic E-state index is 12.9. The normalized spacial score (nSPS) is 11.8. The van der Waals surface area contributed by atoms with Gasteiger partial charge in [-0.1, -0.05) is 13.8 Å². The lowest BCUT2D eigenvalue weighted by Crippen LogP contribution is -2.28. The van der Waals surface area contributed by atoms with Crippen LogP contribution in [0.3, 0.4) is 0 Å². The second kappa shape index (κ2) is 8.07. The lowest BCUT2D eigenvalue weighted by molar-refractivity contribution is -0.137. The van der Waals surface area contributed by atoms with Crippen LogP contribution in [0.15, 0.2) is 12.1 Å². The van der Waals surface area contributed by atoms with Gasteiger partial charge in [0.05, 0.1) is 5.56 Å². The van der Waals surface area contributed by atoms with Gasteiger partial charge in [0.15, 0.2) is 0 Å². The smallest absolute Gasteiger partial charge is 0.370 e. The molecule has 0 aliphatic carbocycles. The minimum atomic E-state index is -4.37. The first kappa shape index (κ1) is 17.6. The predicted octanol–water partition coefficient (Wildman–Crippen LogP) is 3.29. The highest BCUT2D eigenvalue weighted by atomic mass is 19.4. The van der Waals surface area contributed by atoms with Crippen molar-refractivity contribution in [1.29, 1.82) is 0 Å². The summed E-state index contributed by atoms with van der Waals surface area (Å²) in [7, 11) is 0. The Morgan fingerprint density at radius 1 is 1.05 bits per heavy atom. The van der Waals surface area contributed by atoms with Gasteiger partial charge in [0.1, 0.15) is 11.6 Å². The van der Waals surface area contributed by atoms with E-state index in [-0.39, 0.29) is 11.6 Å². The topological polar surface area (TPSA) is 40.2 Å². The Balaban J connectivity index is 2.78. The summed E-state index contributed by atoms with van der Waals surface area (Å²) < 4.78 is 38.6. The lowest BCUT2D eigenvalue weighted by atomic mass is 10.2. The highest BCUT2D eigenvalue weighted by Gasteiger charge is 2.31. The third-order valence-corrected chi connectivity index (χ3v) is 3.14. The fourth-order valence-electron chi connectivity index (χ4n) is 1.94. The summed E-state index contributed by atoms with van der Waals surface area (Å²) >= 11 is 0. The van der Waals surface area contributed by atoms with E-state index in [1.807, 2.05) is 6.92 Å². The quantitative estimate of drug-likeness (QED) is 0.773. The third-order valence-electron chi connectivity index (χ3n) is 3.14. The van der Waals surface area contributed by atoms with E-state index in [9.17, 15) is 13.2 Å². The second-order valence-electron chi connectivity index (χ2n) is 4.61. The third kappa shape index (κ3) is 5.79. The van der Waals surface area contributed by atoms with Gasteiger partial charge in [-0.3, -0.25) is 0 Å². The molecule has 2 N–H and O–H groups in total. The molecule has 1 rings (SSSR count). The summed E-state index contributed by atoms with van der Waals surface area (Å²) in [6.07, 6.45) is -4.37. The summed E-state index contributed by atoms with van der Waals surface area (Å²) in [5, 5.41) is 5.78. The molecule has 120 valence electrons. The minimum absolute atomic E-state index is 0.234. The highest BCUT2D eigenvalue weighted by molar-refractivity contribution is 5.49. The molecule has 0 aliphatic heterocycles. The fourth-order valence-corrected chi connectivity index (χ4v) is 1.94. The first-order valence-corrected chi connectivity index (χ1v) is 7.20.